The molecule has 0 aliphatic rings. The highest BCUT2D eigenvalue weighted by Crippen LogP contribution is 2.15. The van der Waals surface area contributed by atoms with E-state index >= 15 is 0 Å². The van der Waals surface area contributed by atoms with Crippen molar-refractivity contribution in [1.82, 2.24) is 0 Å². The van der Waals surface area contributed by atoms with E-state index in [0.29, 0.717) is 6.42 Å². The van der Waals surface area contributed by atoms with Crippen molar-refractivity contribution in [3.63, 3.8) is 0 Å². The molecule has 0 amide bonds. The van der Waals surface area contributed by atoms with Gasteiger partial charge in [-0.25, -0.2) is 0 Å². The summed E-state index contributed by atoms with van der Waals surface area (Å²) < 4.78 is 5.54. The smallest absolute Gasteiger partial charge is 0.306 e. The van der Waals surface area contributed by atoms with E-state index in [1.807, 2.05) is 6.92 Å². The van der Waals surface area contributed by atoms with Gasteiger partial charge < -0.3 is 4.74 Å². The molecule has 0 saturated carbocycles. The predicted molar refractivity (Wildman–Crippen MR) is 82.3 cm³/mol. The lowest BCUT2D eigenvalue weighted by Crippen LogP contribution is -2.17. The van der Waals surface area contributed by atoms with Crippen molar-refractivity contribution < 1.29 is 9.53 Å². The summed E-state index contributed by atoms with van der Waals surface area (Å²) in [6, 6.07) is 0. The van der Waals surface area contributed by atoms with E-state index in [0.717, 1.165) is 25.7 Å². The number of hydrogen-bond donors (Lipinski definition) is 0. The molecule has 0 fully saturated rings. The van der Waals surface area contributed by atoms with Gasteiger partial charge in [0.05, 0.1) is 0 Å². The topological polar surface area (TPSA) is 26.3 Å². The van der Waals surface area contributed by atoms with Crippen molar-refractivity contribution in [2.75, 3.05) is 0 Å². The Bertz CT molecular complexity index is 201. The van der Waals surface area contributed by atoms with Gasteiger partial charge in [-0.05, 0) is 25.7 Å². The van der Waals surface area contributed by atoms with Gasteiger partial charge in [0, 0.05) is 6.42 Å². The molecule has 2 heteroatoms. The normalized spacial score (nSPS) is 12.4. The van der Waals surface area contributed by atoms with E-state index in [9.17, 15) is 4.79 Å². The molecule has 0 aromatic carbocycles. The maximum absolute atomic E-state index is 11.5. The lowest BCUT2D eigenvalue weighted by atomic mass is 10.0. The first-order valence-electron chi connectivity index (χ1n) is 8.44. The van der Waals surface area contributed by atoms with Crippen LogP contribution in [0.25, 0.3) is 0 Å². The lowest BCUT2D eigenvalue weighted by molar-refractivity contribution is -0.149. The summed E-state index contributed by atoms with van der Waals surface area (Å²) in [5.74, 6) is -0.0103. The standard InChI is InChI=1S/C17H34O2/c1-4-7-8-9-10-11-12-15-16(13-5-2)19-17(18)14-6-3/h16H,4-15H2,1-3H3. The van der Waals surface area contributed by atoms with Crippen molar-refractivity contribution in [2.24, 2.45) is 0 Å². The van der Waals surface area contributed by atoms with Gasteiger partial charge >= 0.3 is 5.97 Å². The highest BCUT2D eigenvalue weighted by molar-refractivity contribution is 5.69. The van der Waals surface area contributed by atoms with E-state index in [2.05, 4.69) is 13.8 Å². The molecule has 1 atom stereocenters. The van der Waals surface area contributed by atoms with Crippen molar-refractivity contribution in [3.8, 4) is 0 Å². The Morgan fingerprint density at radius 3 is 2.00 bits per heavy atom. The highest BCUT2D eigenvalue weighted by Gasteiger charge is 2.12. The van der Waals surface area contributed by atoms with Crippen molar-refractivity contribution in [2.45, 2.75) is 104 Å². The summed E-state index contributed by atoms with van der Waals surface area (Å²) in [4.78, 5) is 11.5. The minimum absolute atomic E-state index is 0.0103. The molecule has 19 heavy (non-hydrogen) atoms. The van der Waals surface area contributed by atoms with Crippen LogP contribution in [0.4, 0.5) is 0 Å². The zero-order valence-electron chi connectivity index (χ0n) is 13.4. The Hall–Kier alpha value is -0.530. The van der Waals surface area contributed by atoms with Crippen LogP contribution >= 0.6 is 0 Å². The zero-order chi connectivity index (χ0) is 14.3. The second-order valence-corrected chi connectivity index (χ2v) is 5.56. The van der Waals surface area contributed by atoms with Crippen LogP contribution in [0.15, 0.2) is 0 Å². The van der Waals surface area contributed by atoms with Gasteiger partial charge in [0.1, 0.15) is 6.10 Å². The van der Waals surface area contributed by atoms with Crippen LogP contribution in [-0.2, 0) is 9.53 Å². The average Bonchev–Trinajstić information content (AvgIpc) is 2.38. The minimum atomic E-state index is -0.0103. The molecule has 0 bridgehead atoms. The zero-order valence-corrected chi connectivity index (χ0v) is 13.4. The second-order valence-electron chi connectivity index (χ2n) is 5.56. The summed E-state index contributed by atoms with van der Waals surface area (Å²) in [6.07, 6.45) is 14.0. The summed E-state index contributed by atoms with van der Waals surface area (Å²) >= 11 is 0. The molecule has 0 heterocycles. The minimum Gasteiger partial charge on any atom is -0.462 e. The molecule has 0 rings (SSSR count). The molecule has 114 valence electrons. The monoisotopic (exact) mass is 270 g/mol. The first kappa shape index (κ1) is 18.5. The van der Waals surface area contributed by atoms with Crippen LogP contribution in [0.1, 0.15) is 97.8 Å². The predicted octanol–water partition coefficient (Wildman–Crippen LogP) is 5.64. The van der Waals surface area contributed by atoms with Crippen LogP contribution in [0, 0.1) is 0 Å². The van der Waals surface area contributed by atoms with Gasteiger partial charge in [-0.2, -0.15) is 0 Å². The Morgan fingerprint density at radius 1 is 0.789 bits per heavy atom. The molecular formula is C17H34O2. The Morgan fingerprint density at radius 2 is 1.42 bits per heavy atom. The van der Waals surface area contributed by atoms with Crippen LogP contribution < -0.4 is 0 Å². The van der Waals surface area contributed by atoms with Gasteiger partial charge in [-0.15, -0.1) is 0 Å². The highest BCUT2D eigenvalue weighted by atomic mass is 16.5. The summed E-state index contributed by atoms with van der Waals surface area (Å²) in [5, 5.41) is 0. The number of carbonyl (C=O) groups excluding carboxylic acids is 1. The van der Waals surface area contributed by atoms with Gasteiger partial charge in [0.2, 0.25) is 0 Å². The molecule has 0 N–H and O–H groups in total. The fourth-order valence-electron chi connectivity index (χ4n) is 2.36. The number of rotatable bonds is 13. The first-order chi connectivity index (χ1) is 9.24. The molecule has 1 unspecified atom stereocenters. The maximum Gasteiger partial charge on any atom is 0.306 e. The summed E-state index contributed by atoms with van der Waals surface area (Å²) in [5.41, 5.74) is 0. The Labute approximate surface area is 120 Å². The molecule has 0 aromatic heterocycles. The van der Waals surface area contributed by atoms with Crippen molar-refractivity contribution >= 4 is 5.97 Å². The van der Waals surface area contributed by atoms with Crippen LogP contribution in [-0.4, -0.2) is 12.1 Å². The maximum atomic E-state index is 11.5. The number of ether oxygens (including phenoxy) is 1. The fourth-order valence-corrected chi connectivity index (χ4v) is 2.36. The lowest BCUT2D eigenvalue weighted by Gasteiger charge is -2.17. The number of esters is 1. The molecule has 0 aliphatic heterocycles. The third-order valence-corrected chi connectivity index (χ3v) is 3.49. The van der Waals surface area contributed by atoms with E-state index in [-0.39, 0.29) is 12.1 Å². The average molecular weight is 270 g/mol. The molecular weight excluding hydrogens is 236 g/mol. The Balaban J connectivity index is 3.61. The number of hydrogen-bond acceptors (Lipinski definition) is 2. The Kier molecular flexibility index (Phi) is 13.5. The largest absolute Gasteiger partial charge is 0.462 e. The SMILES string of the molecule is CCCCCCCCCC(CCC)OC(=O)CCC. The summed E-state index contributed by atoms with van der Waals surface area (Å²) in [6.45, 7) is 6.43. The van der Waals surface area contributed by atoms with Crippen molar-refractivity contribution in [3.05, 3.63) is 0 Å². The molecule has 0 aromatic rings. The number of unbranched alkanes of at least 4 members (excludes halogenated alkanes) is 6. The quantitative estimate of drug-likeness (QED) is 0.320. The molecule has 0 saturated heterocycles. The molecule has 0 spiro atoms. The van der Waals surface area contributed by atoms with Crippen LogP contribution in [0.2, 0.25) is 0 Å². The fraction of sp³-hybridized carbons (Fsp3) is 0.941. The van der Waals surface area contributed by atoms with Crippen LogP contribution in [0.3, 0.4) is 0 Å². The van der Waals surface area contributed by atoms with E-state index in [1.165, 1.54) is 44.9 Å². The van der Waals surface area contributed by atoms with E-state index in [1.54, 1.807) is 0 Å². The second kappa shape index (κ2) is 13.9. The number of carbonyl (C=O) groups is 1. The van der Waals surface area contributed by atoms with Crippen molar-refractivity contribution in [1.29, 1.82) is 0 Å². The van der Waals surface area contributed by atoms with E-state index < -0.39 is 0 Å². The van der Waals surface area contributed by atoms with Crippen LogP contribution in [0.5, 0.6) is 0 Å². The third kappa shape index (κ3) is 12.3. The third-order valence-electron chi connectivity index (χ3n) is 3.49. The van der Waals surface area contributed by atoms with Gasteiger partial charge in [0.25, 0.3) is 0 Å². The first-order valence-corrected chi connectivity index (χ1v) is 8.44. The van der Waals surface area contributed by atoms with Gasteiger partial charge in [-0.1, -0.05) is 65.7 Å². The van der Waals surface area contributed by atoms with Gasteiger partial charge in [0.15, 0.2) is 0 Å². The molecule has 0 radical (unpaired) electrons. The molecule has 0 aliphatic carbocycles. The molecule has 2 nitrogen and oxygen atoms in total. The van der Waals surface area contributed by atoms with E-state index in [4.69, 9.17) is 4.74 Å². The van der Waals surface area contributed by atoms with Gasteiger partial charge in [-0.3, -0.25) is 4.79 Å². The summed E-state index contributed by atoms with van der Waals surface area (Å²) in [7, 11) is 0.